The molecule has 1 aromatic rings. The number of hydrogen-bond donors (Lipinski definition) is 0. The number of rotatable bonds is 9. The first-order chi connectivity index (χ1) is 13.1. The van der Waals surface area contributed by atoms with Gasteiger partial charge in [0, 0.05) is 25.7 Å². The number of carbonyl (C=O) groups excluding carboxylic acids is 3. The molecule has 0 fully saturated rings. The minimum Gasteiger partial charge on any atom is -0.468 e. The molecule has 0 saturated carbocycles. The highest BCUT2D eigenvalue weighted by Gasteiger charge is 2.47. The molecule has 0 aliphatic rings. The van der Waals surface area contributed by atoms with Crippen molar-refractivity contribution in [2.75, 3.05) is 14.2 Å². The van der Waals surface area contributed by atoms with Gasteiger partial charge in [0.15, 0.2) is 5.41 Å². The molecule has 5 heteroatoms. The summed E-state index contributed by atoms with van der Waals surface area (Å²) in [6.45, 7) is 0. The molecule has 0 saturated heterocycles. The quantitative estimate of drug-likeness (QED) is 0.167. The fourth-order valence-corrected chi connectivity index (χ4v) is 2.37. The van der Waals surface area contributed by atoms with Crippen molar-refractivity contribution in [2.45, 2.75) is 32.1 Å². The number of methoxy groups -OCH3 is 2. The molecular formula is C22H24O5. The summed E-state index contributed by atoms with van der Waals surface area (Å²) in [4.78, 5) is 35.1. The van der Waals surface area contributed by atoms with Crippen LogP contribution in [0.25, 0.3) is 6.08 Å². The standard InChI is InChI=1S/C22H24O5/c1-26-20(24)22(21(25)27-2,16-10-4-3-5-12-18-23)17-11-9-15-19-13-7-6-8-14-19/h6-8,11,13-15,18H,3,5,12,16-17H2,1-2H3. The average Bonchev–Trinajstić information content (AvgIpc) is 2.71. The predicted molar refractivity (Wildman–Crippen MR) is 102 cm³/mol. The number of hydrogen-bond acceptors (Lipinski definition) is 5. The Morgan fingerprint density at radius 3 is 2.33 bits per heavy atom. The van der Waals surface area contributed by atoms with Crippen molar-refractivity contribution in [3.63, 3.8) is 0 Å². The molecule has 27 heavy (non-hydrogen) atoms. The molecule has 0 aliphatic carbocycles. The molecule has 0 heterocycles. The lowest BCUT2D eigenvalue weighted by Crippen LogP contribution is -2.40. The van der Waals surface area contributed by atoms with Crippen LogP contribution in [0.4, 0.5) is 0 Å². The molecule has 0 aromatic heterocycles. The van der Waals surface area contributed by atoms with Crippen molar-refractivity contribution in [3.05, 3.63) is 47.7 Å². The summed E-state index contributed by atoms with van der Waals surface area (Å²) in [6, 6.07) is 9.55. The Morgan fingerprint density at radius 1 is 1.07 bits per heavy atom. The smallest absolute Gasteiger partial charge is 0.324 e. The van der Waals surface area contributed by atoms with Gasteiger partial charge < -0.3 is 14.3 Å². The molecule has 1 rings (SSSR count). The molecule has 142 valence electrons. The van der Waals surface area contributed by atoms with Gasteiger partial charge in [0.2, 0.25) is 0 Å². The van der Waals surface area contributed by atoms with Crippen molar-refractivity contribution in [2.24, 2.45) is 5.41 Å². The van der Waals surface area contributed by atoms with E-state index in [4.69, 9.17) is 9.47 Å². The lowest BCUT2D eigenvalue weighted by molar-refractivity contribution is -0.168. The summed E-state index contributed by atoms with van der Waals surface area (Å²) in [5.41, 5.74) is 2.39. The highest BCUT2D eigenvalue weighted by atomic mass is 16.5. The summed E-state index contributed by atoms with van der Waals surface area (Å²) >= 11 is 0. The SMILES string of the molecule is COC(=O)C(CC#CCCCC=O)(CC=C=Cc1ccccc1)C(=O)OC. The molecule has 0 aliphatic heterocycles. The second-order valence-electron chi connectivity index (χ2n) is 5.78. The van der Waals surface area contributed by atoms with E-state index in [1.54, 1.807) is 12.2 Å². The average molecular weight is 368 g/mol. The molecule has 0 unspecified atom stereocenters. The first kappa shape index (κ1) is 22.0. The Labute approximate surface area is 160 Å². The van der Waals surface area contributed by atoms with Gasteiger partial charge in [0.1, 0.15) is 6.29 Å². The third kappa shape index (κ3) is 6.97. The summed E-state index contributed by atoms with van der Waals surface area (Å²) in [7, 11) is 2.45. The first-order valence-electron chi connectivity index (χ1n) is 8.63. The van der Waals surface area contributed by atoms with Gasteiger partial charge in [-0.15, -0.1) is 17.6 Å². The van der Waals surface area contributed by atoms with Gasteiger partial charge in [-0.1, -0.05) is 30.3 Å². The minimum atomic E-state index is -1.54. The van der Waals surface area contributed by atoms with Crippen LogP contribution in [0.15, 0.2) is 42.1 Å². The van der Waals surface area contributed by atoms with Crippen molar-refractivity contribution in [1.29, 1.82) is 0 Å². The van der Waals surface area contributed by atoms with Crippen LogP contribution in [0.1, 0.15) is 37.7 Å². The predicted octanol–water partition coefficient (Wildman–Crippen LogP) is 3.34. The molecule has 0 radical (unpaired) electrons. The summed E-state index contributed by atoms with van der Waals surface area (Å²) in [5, 5.41) is 0. The summed E-state index contributed by atoms with van der Waals surface area (Å²) in [5.74, 6) is 4.33. The second kappa shape index (κ2) is 12.3. The molecule has 5 nitrogen and oxygen atoms in total. The van der Waals surface area contributed by atoms with E-state index in [0.29, 0.717) is 19.3 Å². The normalized spacial score (nSPS) is 9.85. The third-order valence-electron chi connectivity index (χ3n) is 3.91. The molecule has 1 aromatic carbocycles. The summed E-state index contributed by atoms with van der Waals surface area (Å²) < 4.78 is 9.68. The Kier molecular flexibility index (Phi) is 10.00. The van der Waals surface area contributed by atoms with Crippen LogP contribution in [0, 0.1) is 17.3 Å². The largest absolute Gasteiger partial charge is 0.468 e. The van der Waals surface area contributed by atoms with Gasteiger partial charge >= 0.3 is 11.9 Å². The van der Waals surface area contributed by atoms with E-state index in [2.05, 4.69) is 17.6 Å². The monoisotopic (exact) mass is 368 g/mol. The van der Waals surface area contributed by atoms with Crippen molar-refractivity contribution in [3.8, 4) is 11.8 Å². The van der Waals surface area contributed by atoms with Gasteiger partial charge in [-0.05, 0) is 24.1 Å². The zero-order chi connectivity index (χ0) is 20.0. The Balaban J connectivity index is 3.00. The molecule has 0 atom stereocenters. The Morgan fingerprint density at radius 2 is 1.74 bits per heavy atom. The topological polar surface area (TPSA) is 69.7 Å². The number of unbranched alkanes of at least 4 members (excludes halogenated alkanes) is 2. The Bertz CT molecular complexity index is 730. The number of esters is 2. The number of ether oxygens (including phenoxy) is 2. The van der Waals surface area contributed by atoms with E-state index >= 15 is 0 Å². The van der Waals surface area contributed by atoms with Gasteiger partial charge in [-0.2, -0.15) is 0 Å². The molecule has 0 spiro atoms. The van der Waals surface area contributed by atoms with Crippen molar-refractivity contribution < 1.29 is 23.9 Å². The van der Waals surface area contributed by atoms with E-state index in [1.807, 2.05) is 30.3 Å². The Hall–Kier alpha value is -3.09. The molecule has 0 N–H and O–H groups in total. The number of aldehydes is 1. The van der Waals surface area contributed by atoms with Crippen LogP contribution in [0.5, 0.6) is 0 Å². The zero-order valence-electron chi connectivity index (χ0n) is 15.7. The van der Waals surface area contributed by atoms with Crippen molar-refractivity contribution >= 4 is 24.3 Å². The van der Waals surface area contributed by atoms with Crippen molar-refractivity contribution in [1.82, 2.24) is 0 Å². The maximum atomic E-state index is 12.4. The lowest BCUT2D eigenvalue weighted by Gasteiger charge is -2.24. The summed E-state index contributed by atoms with van der Waals surface area (Å²) in [6.07, 6.45) is 5.80. The lowest BCUT2D eigenvalue weighted by atomic mass is 9.81. The van der Waals surface area contributed by atoms with Crippen LogP contribution in [-0.4, -0.2) is 32.4 Å². The van der Waals surface area contributed by atoms with Gasteiger partial charge in [0.25, 0.3) is 0 Å². The van der Waals surface area contributed by atoms with E-state index in [0.717, 1.165) is 11.8 Å². The number of allylic oxidation sites excluding steroid dienone is 1. The van der Waals surface area contributed by atoms with Crippen LogP contribution in [0.3, 0.4) is 0 Å². The minimum absolute atomic E-state index is 0.0308. The fourth-order valence-electron chi connectivity index (χ4n) is 2.37. The van der Waals surface area contributed by atoms with E-state index in [9.17, 15) is 14.4 Å². The zero-order valence-corrected chi connectivity index (χ0v) is 15.7. The van der Waals surface area contributed by atoms with E-state index < -0.39 is 17.4 Å². The fraction of sp³-hybridized carbons (Fsp3) is 0.364. The highest BCUT2D eigenvalue weighted by molar-refractivity contribution is 6.00. The number of benzene rings is 1. The number of carbonyl (C=O) groups is 3. The van der Waals surface area contributed by atoms with Crippen LogP contribution < -0.4 is 0 Å². The maximum absolute atomic E-state index is 12.4. The first-order valence-corrected chi connectivity index (χ1v) is 8.63. The third-order valence-corrected chi connectivity index (χ3v) is 3.91. The van der Waals surface area contributed by atoms with E-state index in [-0.39, 0.29) is 12.8 Å². The second-order valence-corrected chi connectivity index (χ2v) is 5.78. The molecular weight excluding hydrogens is 344 g/mol. The molecule has 0 bridgehead atoms. The highest BCUT2D eigenvalue weighted by Crippen LogP contribution is 2.30. The van der Waals surface area contributed by atoms with Crippen LogP contribution in [-0.2, 0) is 23.9 Å². The van der Waals surface area contributed by atoms with Crippen LogP contribution in [0.2, 0.25) is 0 Å². The van der Waals surface area contributed by atoms with E-state index in [1.165, 1.54) is 14.2 Å². The van der Waals surface area contributed by atoms with Gasteiger partial charge in [0.05, 0.1) is 14.2 Å². The molecule has 0 amide bonds. The maximum Gasteiger partial charge on any atom is 0.324 e. The van der Waals surface area contributed by atoms with Gasteiger partial charge in [-0.25, -0.2) is 0 Å². The van der Waals surface area contributed by atoms with Gasteiger partial charge in [-0.3, -0.25) is 9.59 Å². The van der Waals surface area contributed by atoms with Crippen LogP contribution >= 0.6 is 0 Å².